The lowest BCUT2D eigenvalue weighted by Crippen LogP contribution is -2.25. The molecule has 0 unspecified atom stereocenters. The van der Waals surface area contributed by atoms with Crippen LogP contribution in [0.1, 0.15) is 19.9 Å². The molecule has 0 atom stereocenters. The normalized spacial score (nSPS) is 11.2. The summed E-state index contributed by atoms with van der Waals surface area (Å²) in [5.41, 5.74) is 0.878. The number of rotatable bonds is 6. The molecule has 108 valence electrons. The van der Waals surface area contributed by atoms with Gasteiger partial charge in [-0.2, -0.15) is 8.78 Å². The molecule has 1 aromatic heterocycles. The first-order valence-electron chi connectivity index (χ1n) is 6.28. The zero-order valence-corrected chi connectivity index (χ0v) is 11.8. The predicted molar refractivity (Wildman–Crippen MR) is 75.0 cm³/mol. The third-order valence-electron chi connectivity index (χ3n) is 2.66. The fourth-order valence-corrected chi connectivity index (χ4v) is 2.60. The number of nitrogens with zero attached hydrogens (tertiary/aromatic N) is 2. The Labute approximate surface area is 119 Å². The van der Waals surface area contributed by atoms with Crippen molar-refractivity contribution in [1.29, 1.82) is 0 Å². The minimum atomic E-state index is -2.68. The van der Waals surface area contributed by atoms with Crippen molar-refractivity contribution in [3.8, 4) is 0 Å². The highest BCUT2D eigenvalue weighted by Gasteiger charge is 2.18. The molecular formula is C13H15F2N3OS. The van der Waals surface area contributed by atoms with Gasteiger partial charge in [0.15, 0.2) is 5.16 Å². The van der Waals surface area contributed by atoms with Crippen molar-refractivity contribution in [3.05, 3.63) is 24.3 Å². The molecule has 0 fully saturated rings. The summed E-state index contributed by atoms with van der Waals surface area (Å²) in [7, 11) is 0. The number of carbonyl (C=O) groups is 1. The maximum Gasteiger partial charge on any atom is 0.321 e. The molecular weight excluding hydrogens is 284 g/mol. The number of hydrogen-bond acceptors (Lipinski definition) is 3. The Bertz CT molecular complexity index is 600. The van der Waals surface area contributed by atoms with Crippen molar-refractivity contribution in [2.24, 2.45) is 0 Å². The average molecular weight is 299 g/mol. The van der Waals surface area contributed by atoms with Crippen LogP contribution in [0.2, 0.25) is 0 Å². The van der Waals surface area contributed by atoms with Crippen LogP contribution >= 0.6 is 11.8 Å². The summed E-state index contributed by atoms with van der Waals surface area (Å²) < 4.78 is 27.1. The number of para-hydroxylation sites is 2. The van der Waals surface area contributed by atoms with Crippen molar-refractivity contribution in [3.63, 3.8) is 0 Å². The van der Waals surface area contributed by atoms with Crippen LogP contribution in [0.3, 0.4) is 0 Å². The molecule has 0 spiro atoms. The first-order valence-corrected chi connectivity index (χ1v) is 7.26. The van der Waals surface area contributed by atoms with Crippen molar-refractivity contribution in [2.75, 3.05) is 12.3 Å². The quantitative estimate of drug-likeness (QED) is 0.834. The summed E-state index contributed by atoms with van der Waals surface area (Å²) in [4.78, 5) is 15.7. The topological polar surface area (TPSA) is 46.9 Å². The molecule has 0 saturated heterocycles. The van der Waals surface area contributed by atoms with Crippen molar-refractivity contribution in [2.45, 2.75) is 25.1 Å². The minimum absolute atomic E-state index is 0.0794. The first-order chi connectivity index (χ1) is 9.63. The molecule has 0 radical (unpaired) electrons. The monoisotopic (exact) mass is 299 g/mol. The second kappa shape index (κ2) is 6.69. The molecule has 1 aromatic carbocycles. The molecule has 7 heteroatoms. The van der Waals surface area contributed by atoms with Crippen molar-refractivity contribution in [1.82, 2.24) is 14.9 Å². The fourth-order valence-electron chi connectivity index (χ4n) is 1.76. The second-order valence-electron chi connectivity index (χ2n) is 4.17. The number of benzene rings is 1. The van der Waals surface area contributed by atoms with Gasteiger partial charge in [-0.1, -0.05) is 30.8 Å². The van der Waals surface area contributed by atoms with Gasteiger partial charge in [-0.05, 0) is 18.6 Å². The summed E-state index contributed by atoms with van der Waals surface area (Å²) in [6.45, 7) is -0.141. The van der Waals surface area contributed by atoms with Crippen LogP contribution in [0.25, 0.3) is 11.0 Å². The Morgan fingerprint density at radius 2 is 2.20 bits per heavy atom. The van der Waals surface area contributed by atoms with Crippen LogP contribution in [-0.2, 0) is 4.79 Å². The Balaban J connectivity index is 2.17. The summed E-state index contributed by atoms with van der Waals surface area (Å²) in [6, 6.07) is 6.70. The number of thioether (sulfide) groups is 1. The summed E-state index contributed by atoms with van der Waals surface area (Å²) in [5, 5.41) is 2.86. The Hall–Kier alpha value is -1.63. The Kier molecular flexibility index (Phi) is 4.94. The van der Waals surface area contributed by atoms with Gasteiger partial charge in [-0.15, -0.1) is 0 Å². The van der Waals surface area contributed by atoms with Gasteiger partial charge in [0.1, 0.15) is 0 Å². The van der Waals surface area contributed by atoms with Gasteiger partial charge >= 0.3 is 6.55 Å². The van der Waals surface area contributed by atoms with Gasteiger partial charge in [0.25, 0.3) is 0 Å². The SMILES string of the molecule is CCCNC(=O)CSc1nc2ccccc2n1C(F)F. The number of alkyl halides is 2. The number of carbonyl (C=O) groups excluding carboxylic acids is 1. The van der Waals surface area contributed by atoms with Crippen LogP contribution in [0.4, 0.5) is 8.78 Å². The molecule has 1 amide bonds. The van der Waals surface area contributed by atoms with E-state index in [0.717, 1.165) is 22.7 Å². The third kappa shape index (κ3) is 3.27. The van der Waals surface area contributed by atoms with Gasteiger partial charge in [0.05, 0.1) is 16.8 Å². The number of nitrogens with one attached hydrogen (secondary N) is 1. The number of amides is 1. The summed E-state index contributed by atoms with van der Waals surface area (Å²) in [5.74, 6) is -0.0968. The van der Waals surface area contributed by atoms with Gasteiger partial charge in [0, 0.05) is 6.54 Å². The van der Waals surface area contributed by atoms with Crippen molar-refractivity contribution < 1.29 is 13.6 Å². The van der Waals surface area contributed by atoms with E-state index in [-0.39, 0.29) is 16.8 Å². The van der Waals surface area contributed by atoms with Crippen LogP contribution in [0, 0.1) is 0 Å². The lowest BCUT2D eigenvalue weighted by Gasteiger charge is -2.07. The zero-order chi connectivity index (χ0) is 14.5. The molecule has 2 rings (SSSR count). The van der Waals surface area contributed by atoms with Gasteiger partial charge in [0.2, 0.25) is 5.91 Å². The van der Waals surface area contributed by atoms with E-state index in [1.165, 1.54) is 0 Å². The standard InChI is InChI=1S/C13H15F2N3OS/c1-2-7-16-11(19)8-20-13-17-9-5-3-4-6-10(9)18(13)12(14)15/h3-6,12H,2,7-8H2,1H3,(H,16,19). The molecule has 0 aliphatic rings. The van der Waals surface area contributed by atoms with E-state index in [1.807, 2.05) is 6.92 Å². The fraction of sp³-hybridized carbons (Fsp3) is 0.385. The van der Waals surface area contributed by atoms with E-state index >= 15 is 0 Å². The molecule has 20 heavy (non-hydrogen) atoms. The summed E-state index contributed by atoms with van der Waals surface area (Å²) in [6.07, 6.45) is 0.839. The second-order valence-corrected chi connectivity index (χ2v) is 5.11. The number of imidazole rings is 1. The molecule has 0 bridgehead atoms. The maximum atomic E-state index is 13.1. The lowest BCUT2D eigenvalue weighted by atomic mass is 10.3. The van der Waals surface area contributed by atoms with Crippen LogP contribution in [-0.4, -0.2) is 27.8 Å². The van der Waals surface area contributed by atoms with Gasteiger partial charge < -0.3 is 5.32 Å². The first kappa shape index (κ1) is 14.8. The zero-order valence-electron chi connectivity index (χ0n) is 11.0. The number of halogens is 2. The molecule has 0 aliphatic carbocycles. The molecule has 0 aliphatic heterocycles. The van der Waals surface area contributed by atoms with Crippen molar-refractivity contribution >= 4 is 28.7 Å². The largest absolute Gasteiger partial charge is 0.355 e. The van der Waals surface area contributed by atoms with Gasteiger partial charge in [-0.3, -0.25) is 9.36 Å². The number of hydrogen-bond donors (Lipinski definition) is 1. The third-order valence-corrected chi connectivity index (χ3v) is 3.62. The van der Waals surface area contributed by atoms with Crippen LogP contribution in [0.5, 0.6) is 0 Å². The van der Waals surface area contributed by atoms with E-state index in [9.17, 15) is 13.6 Å². The molecule has 1 heterocycles. The maximum absolute atomic E-state index is 13.1. The number of aromatic nitrogens is 2. The van der Waals surface area contributed by atoms with Gasteiger partial charge in [-0.25, -0.2) is 4.98 Å². The average Bonchev–Trinajstić information content (AvgIpc) is 2.81. The highest BCUT2D eigenvalue weighted by molar-refractivity contribution is 7.99. The smallest absolute Gasteiger partial charge is 0.321 e. The highest BCUT2D eigenvalue weighted by Crippen LogP contribution is 2.28. The van der Waals surface area contributed by atoms with E-state index in [1.54, 1.807) is 24.3 Å². The van der Waals surface area contributed by atoms with E-state index in [4.69, 9.17) is 0 Å². The number of fused-ring (bicyclic) bond motifs is 1. The molecule has 0 saturated carbocycles. The Morgan fingerprint density at radius 3 is 2.90 bits per heavy atom. The summed E-state index contributed by atoms with van der Waals surface area (Å²) >= 11 is 1.02. The molecule has 4 nitrogen and oxygen atoms in total. The van der Waals surface area contributed by atoms with E-state index in [2.05, 4.69) is 10.3 Å². The lowest BCUT2D eigenvalue weighted by molar-refractivity contribution is -0.118. The predicted octanol–water partition coefficient (Wildman–Crippen LogP) is 3.05. The highest BCUT2D eigenvalue weighted by atomic mass is 32.2. The van der Waals surface area contributed by atoms with E-state index in [0.29, 0.717) is 17.6 Å². The molecule has 1 N–H and O–H groups in total. The Morgan fingerprint density at radius 1 is 1.45 bits per heavy atom. The minimum Gasteiger partial charge on any atom is -0.355 e. The van der Waals surface area contributed by atoms with Crippen LogP contribution in [0.15, 0.2) is 29.4 Å². The van der Waals surface area contributed by atoms with Crippen LogP contribution < -0.4 is 5.32 Å². The molecule has 2 aromatic rings. The van der Waals surface area contributed by atoms with E-state index < -0.39 is 6.55 Å².